The van der Waals surface area contributed by atoms with Crippen molar-refractivity contribution in [3.63, 3.8) is 0 Å². The van der Waals surface area contributed by atoms with Crippen LogP contribution < -0.4 is 10.6 Å². The molecular formula is C32H47N3O4. The molecule has 0 aliphatic carbocycles. The fourth-order valence-corrected chi connectivity index (χ4v) is 4.57. The van der Waals surface area contributed by atoms with Crippen molar-refractivity contribution in [2.45, 2.75) is 99.3 Å². The molecular weight excluding hydrogens is 490 g/mol. The number of alkyl carbamates (subject to hydrolysis) is 1. The summed E-state index contributed by atoms with van der Waals surface area (Å²) in [7, 11) is 0. The van der Waals surface area contributed by atoms with Crippen LogP contribution in [0.1, 0.15) is 89.1 Å². The molecule has 0 heterocycles. The number of amides is 3. The largest absolute Gasteiger partial charge is 0.444 e. The first-order chi connectivity index (χ1) is 18.3. The van der Waals surface area contributed by atoms with Crippen molar-refractivity contribution in [3.05, 3.63) is 64.7 Å². The van der Waals surface area contributed by atoms with Gasteiger partial charge < -0.3 is 20.3 Å². The number of unbranched alkanes of at least 4 members (excludes halogenated alkanes) is 2. The first-order valence-electron chi connectivity index (χ1n) is 14.0. The summed E-state index contributed by atoms with van der Waals surface area (Å²) in [6.45, 7) is 17.4. The van der Waals surface area contributed by atoms with E-state index in [4.69, 9.17) is 4.74 Å². The number of nitrogens with zero attached hydrogens (tertiary/aromatic N) is 1. The van der Waals surface area contributed by atoms with Gasteiger partial charge in [-0.3, -0.25) is 9.59 Å². The van der Waals surface area contributed by atoms with Crippen LogP contribution in [-0.4, -0.2) is 41.0 Å². The number of carbonyl (C=O) groups is 3. The van der Waals surface area contributed by atoms with E-state index in [2.05, 4.69) is 17.6 Å². The van der Waals surface area contributed by atoms with Gasteiger partial charge in [-0.15, -0.1) is 0 Å². The summed E-state index contributed by atoms with van der Waals surface area (Å²) in [5, 5.41) is 5.91. The van der Waals surface area contributed by atoms with Gasteiger partial charge >= 0.3 is 6.09 Å². The predicted octanol–water partition coefficient (Wildman–Crippen LogP) is 6.86. The lowest BCUT2D eigenvalue weighted by molar-refractivity contribution is -0.141. The number of nitrogens with one attached hydrogen (secondary N) is 2. The second kappa shape index (κ2) is 14.2. The average molecular weight is 538 g/mol. The maximum Gasteiger partial charge on any atom is 0.408 e. The van der Waals surface area contributed by atoms with Crippen molar-refractivity contribution in [3.8, 4) is 0 Å². The molecule has 7 heteroatoms. The van der Waals surface area contributed by atoms with Crippen molar-refractivity contribution in [2.24, 2.45) is 5.92 Å². The molecule has 0 saturated heterocycles. The molecule has 0 fully saturated rings. The molecule has 0 aliphatic heterocycles. The van der Waals surface area contributed by atoms with Crippen LogP contribution in [0, 0.1) is 26.7 Å². The van der Waals surface area contributed by atoms with Gasteiger partial charge in [-0.1, -0.05) is 76.1 Å². The highest BCUT2D eigenvalue weighted by molar-refractivity contribution is 6.00. The number of aryl methyl sites for hydroxylation is 3. The minimum atomic E-state index is -0.878. The van der Waals surface area contributed by atoms with E-state index in [0.29, 0.717) is 6.54 Å². The Morgan fingerprint density at radius 1 is 0.897 bits per heavy atom. The Bertz CT molecular complexity index is 1120. The molecule has 2 atom stereocenters. The van der Waals surface area contributed by atoms with Gasteiger partial charge in [-0.2, -0.15) is 0 Å². The van der Waals surface area contributed by atoms with Crippen molar-refractivity contribution >= 4 is 23.6 Å². The zero-order chi connectivity index (χ0) is 29.3. The summed E-state index contributed by atoms with van der Waals surface area (Å²) >= 11 is 0. The van der Waals surface area contributed by atoms with Crippen molar-refractivity contribution < 1.29 is 19.1 Å². The molecule has 0 aliphatic rings. The number of rotatable bonds is 11. The molecule has 2 aromatic carbocycles. The van der Waals surface area contributed by atoms with E-state index >= 15 is 0 Å². The Hall–Kier alpha value is -3.35. The van der Waals surface area contributed by atoms with Gasteiger partial charge in [0.15, 0.2) is 0 Å². The third kappa shape index (κ3) is 9.12. The monoisotopic (exact) mass is 537 g/mol. The normalized spacial score (nSPS) is 13.0. The predicted molar refractivity (Wildman–Crippen MR) is 158 cm³/mol. The zero-order valence-corrected chi connectivity index (χ0v) is 25.2. The van der Waals surface area contributed by atoms with E-state index in [9.17, 15) is 14.4 Å². The SMILES string of the molecule is CCCCCN(C(=O)C(NC(=O)OC(C)(C)C)C(C)C)C(C(=O)Nc1c(C)cccc1C)c1ccccc1C. The lowest BCUT2D eigenvalue weighted by Crippen LogP contribution is -2.54. The Labute approximate surface area is 234 Å². The molecule has 0 saturated carbocycles. The fourth-order valence-electron chi connectivity index (χ4n) is 4.57. The first kappa shape index (κ1) is 31.9. The molecule has 0 radical (unpaired) electrons. The summed E-state index contributed by atoms with van der Waals surface area (Å²) in [4.78, 5) is 42.8. The Morgan fingerprint density at radius 3 is 2.03 bits per heavy atom. The molecule has 3 amide bonds. The molecule has 2 rings (SSSR count). The topological polar surface area (TPSA) is 87.7 Å². The summed E-state index contributed by atoms with van der Waals surface area (Å²) in [5.74, 6) is -0.818. The minimum Gasteiger partial charge on any atom is -0.444 e. The summed E-state index contributed by atoms with van der Waals surface area (Å²) in [5.41, 5.74) is 3.60. The standard InChI is InChI=1S/C32H47N3O4/c1-10-11-14-20-35(30(37)26(21(2)3)34-31(38)39-32(7,8)9)28(25-19-13-12-16-22(25)4)29(36)33-27-23(5)17-15-18-24(27)6/h12-13,15-19,21,26,28H,10-11,14,20H2,1-9H3,(H,33,36)(H,34,38). The summed E-state index contributed by atoms with van der Waals surface area (Å²) in [6, 6.07) is 11.8. The van der Waals surface area contributed by atoms with Crippen LogP contribution in [0.2, 0.25) is 0 Å². The van der Waals surface area contributed by atoms with E-state index in [1.807, 2.05) is 77.1 Å². The van der Waals surface area contributed by atoms with E-state index < -0.39 is 23.8 Å². The second-order valence-electron chi connectivity index (χ2n) is 11.6. The fraction of sp³-hybridized carbons (Fsp3) is 0.531. The molecule has 0 bridgehead atoms. The molecule has 7 nitrogen and oxygen atoms in total. The number of para-hydroxylation sites is 1. The number of hydrogen-bond acceptors (Lipinski definition) is 4. The van der Waals surface area contributed by atoms with Gasteiger partial charge in [0.05, 0.1) is 0 Å². The molecule has 2 N–H and O–H groups in total. The summed E-state index contributed by atoms with van der Waals surface area (Å²) < 4.78 is 5.46. The number of anilines is 1. The average Bonchev–Trinajstić information content (AvgIpc) is 2.83. The van der Waals surface area contributed by atoms with E-state index in [-0.39, 0.29) is 17.7 Å². The number of hydrogen-bond donors (Lipinski definition) is 2. The van der Waals surface area contributed by atoms with Crippen LogP contribution in [-0.2, 0) is 14.3 Å². The highest BCUT2D eigenvalue weighted by Crippen LogP contribution is 2.30. The van der Waals surface area contributed by atoms with Gasteiger partial charge in [0.2, 0.25) is 5.91 Å². The Kier molecular flexibility index (Phi) is 11.6. The Balaban J connectivity index is 2.58. The molecule has 39 heavy (non-hydrogen) atoms. The molecule has 0 spiro atoms. The van der Waals surface area contributed by atoms with Gasteiger partial charge in [-0.25, -0.2) is 4.79 Å². The van der Waals surface area contributed by atoms with Crippen LogP contribution >= 0.6 is 0 Å². The van der Waals surface area contributed by atoms with Crippen molar-refractivity contribution in [2.75, 3.05) is 11.9 Å². The van der Waals surface area contributed by atoms with Gasteiger partial charge in [0.1, 0.15) is 17.7 Å². The van der Waals surface area contributed by atoms with Crippen LogP contribution in [0.3, 0.4) is 0 Å². The maximum absolute atomic E-state index is 14.3. The number of carbonyl (C=O) groups excluding carboxylic acids is 3. The van der Waals surface area contributed by atoms with Crippen molar-refractivity contribution in [1.29, 1.82) is 0 Å². The van der Waals surface area contributed by atoms with Gasteiger partial charge in [0, 0.05) is 12.2 Å². The quantitative estimate of drug-likeness (QED) is 0.307. The maximum atomic E-state index is 14.3. The highest BCUT2D eigenvalue weighted by Gasteiger charge is 2.38. The first-order valence-corrected chi connectivity index (χ1v) is 14.0. The minimum absolute atomic E-state index is 0.224. The van der Waals surface area contributed by atoms with Crippen molar-refractivity contribution in [1.82, 2.24) is 10.2 Å². The van der Waals surface area contributed by atoms with E-state index in [0.717, 1.165) is 47.2 Å². The second-order valence-corrected chi connectivity index (χ2v) is 11.6. The zero-order valence-electron chi connectivity index (χ0n) is 25.2. The third-order valence-corrected chi connectivity index (χ3v) is 6.66. The molecule has 214 valence electrons. The van der Waals surface area contributed by atoms with Crippen LogP contribution in [0.25, 0.3) is 0 Å². The molecule has 2 aromatic rings. The molecule has 2 unspecified atom stereocenters. The number of ether oxygens (including phenoxy) is 1. The summed E-state index contributed by atoms with van der Waals surface area (Å²) in [6.07, 6.45) is 1.96. The van der Waals surface area contributed by atoms with Crippen LogP contribution in [0.5, 0.6) is 0 Å². The van der Waals surface area contributed by atoms with Gasteiger partial charge in [0.25, 0.3) is 5.91 Å². The highest BCUT2D eigenvalue weighted by atomic mass is 16.6. The number of benzene rings is 2. The lowest BCUT2D eigenvalue weighted by Gasteiger charge is -2.36. The van der Waals surface area contributed by atoms with Crippen LogP contribution in [0.15, 0.2) is 42.5 Å². The van der Waals surface area contributed by atoms with Crippen LogP contribution in [0.4, 0.5) is 10.5 Å². The Morgan fingerprint density at radius 2 is 1.49 bits per heavy atom. The van der Waals surface area contributed by atoms with Gasteiger partial charge in [-0.05, 0) is 76.1 Å². The molecule has 0 aromatic heterocycles. The smallest absolute Gasteiger partial charge is 0.408 e. The lowest BCUT2D eigenvalue weighted by atomic mass is 9.95. The third-order valence-electron chi connectivity index (χ3n) is 6.66. The van der Waals surface area contributed by atoms with E-state index in [1.165, 1.54) is 0 Å². The van der Waals surface area contributed by atoms with E-state index in [1.54, 1.807) is 25.7 Å².